The summed E-state index contributed by atoms with van der Waals surface area (Å²) in [6.45, 7) is 1.37. The Kier molecular flexibility index (Phi) is 6.43. The summed E-state index contributed by atoms with van der Waals surface area (Å²) in [7, 11) is 0. The lowest BCUT2D eigenvalue weighted by Crippen LogP contribution is -2.27. The number of aliphatic hydroxyl groups is 1. The second kappa shape index (κ2) is 9.43. The summed E-state index contributed by atoms with van der Waals surface area (Å²) in [5.74, 6) is -1.22. The van der Waals surface area contributed by atoms with Crippen LogP contribution in [0.4, 0.5) is 20.4 Å². The molecule has 4 aromatic rings. The molecule has 0 spiro atoms. The van der Waals surface area contributed by atoms with Crippen LogP contribution in [0.5, 0.6) is 0 Å². The van der Waals surface area contributed by atoms with Gasteiger partial charge in [-0.1, -0.05) is 17.7 Å². The smallest absolute Gasteiger partial charge is 0.251 e. The molecule has 10 heteroatoms. The highest BCUT2D eigenvalue weighted by atomic mass is 35.5. The maximum atomic E-state index is 14.5. The van der Waals surface area contributed by atoms with Crippen LogP contribution in [0.15, 0.2) is 65.8 Å². The highest BCUT2D eigenvalue weighted by Crippen LogP contribution is 2.25. The minimum Gasteiger partial charge on any atom is -0.394 e. The van der Waals surface area contributed by atoms with E-state index in [-0.39, 0.29) is 22.2 Å². The molecule has 0 aliphatic heterocycles. The monoisotopic (exact) mass is 469 g/mol. The van der Waals surface area contributed by atoms with Crippen molar-refractivity contribution in [2.75, 3.05) is 11.9 Å². The highest BCUT2D eigenvalue weighted by Gasteiger charge is 2.18. The zero-order chi connectivity index (χ0) is 23.5. The Morgan fingerprint density at radius 2 is 1.94 bits per heavy atom. The molecule has 0 bridgehead atoms. The van der Waals surface area contributed by atoms with Crippen LogP contribution in [-0.4, -0.2) is 31.2 Å². The fraction of sp³-hybridized carbons (Fsp3) is 0.130. The second-order valence-electron chi connectivity index (χ2n) is 7.23. The highest BCUT2D eigenvalue weighted by molar-refractivity contribution is 6.30. The molecule has 0 aliphatic carbocycles. The van der Waals surface area contributed by atoms with Gasteiger partial charge in [0.1, 0.15) is 11.5 Å². The molecule has 4 rings (SSSR count). The number of aryl methyl sites for hydroxylation is 1. The van der Waals surface area contributed by atoms with Gasteiger partial charge in [0.15, 0.2) is 5.82 Å². The van der Waals surface area contributed by atoms with E-state index in [1.54, 1.807) is 18.3 Å². The van der Waals surface area contributed by atoms with Crippen molar-refractivity contribution < 1.29 is 13.9 Å². The number of hydrogen-bond donors (Lipinski definition) is 2. The molecular weight excluding hydrogens is 452 g/mol. The van der Waals surface area contributed by atoms with Crippen molar-refractivity contribution in [3.8, 4) is 11.3 Å². The number of hydrogen-bond acceptors (Lipinski definition) is 6. The lowest BCUT2D eigenvalue weighted by molar-refractivity contribution is 0.247. The van der Waals surface area contributed by atoms with Crippen molar-refractivity contribution in [3.05, 3.63) is 99.3 Å². The number of benzene rings is 1. The molecule has 0 fully saturated rings. The summed E-state index contributed by atoms with van der Waals surface area (Å²) >= 11 is 5.72. The maximum Gasteiger partial charge on any atom is 0.251 e. The molecule has 3 aromatic heterocycles. The van der Waals surface area contributed by atoms with Gasteiger partial charge in [0.25, 0.3) is 5.56 Å². The molecule has 0 radical (unpaired) electrons. The van der Waals surface area contributed by atoms with Crippen molar-refractivity contribution >= 4 is 23.2 Å². The first kappa shape index (κ1) is 22.5. The Hall–Kier alpha value is -3.69. The minimum absolute atomic E-state index is 0.0660. The van der Waals surface area contributed by atoms with E-state index in [9.17, 15) is 18.7 Å². The summed E-state index contributed by atoms with van der Waals surface area (Å²) in [6.07, 6.45) is 4.02. The van der Waals surface area contributed by atoms with Crippen LogP contribution in [0, 0.1) is 18.6 Å². The predicted octanol–water partition coefficient (Wildman–Crippen LogP) is 4.27. The average Bonchev–Trinajstić information content (AvgIpc) is 2.79. The topological polar surface area (TPSA) is 92.9 Å². The number of aliphatic hydroxyl groups excluding tert-OH is 1. The Bertz CT molecular complexity index is 1380. The predicted molar refractivity (Wildman–Crippen MR) is 121 cm³/mol. The number of nitrogens with zero attached hydrogens (tertiary/aromatic N) is 4. The van der Waals surface area contributed by atoms with Crippen LogP contribution in [0.1, 0.15) is 17.3 Å². The van der Waals surface area contributed by atoms with E-state index in [1.165, 1.54) is 35.0 Å². The first-order chi connectivity index (χ1) is 15.9. The third-order valence-electron chi connectivity index (χ3n) is 4.96. The number of anilines is 2. The number of pyridine rings is 2. The van der Waals surface area contributed by atoms with Crippen LogP contribution >= 0.6 is 11.6 Å². The van der Waals surface area contributed by atoms with Crippen LogP contribution in [-0.2, 0) is 0 Å². The van der Waals surface area contributed by atoms with E-state index >= 15 is 0 Å². The molecule has 1 atom stereocenters. The summed E-state index contributed by atoms with van der Waals surface area (Å²) in [6, 6.07) is 9.37. The molecule has 33 heavy (non-hydrogen) atoms. The van der Waals surface area contributed by atoms with Gasteiger partial charge in [-0.25, -0.2) is 18.7 Å². The van der Waals surface area contributed by atoms with Gasteiger partial charge in [0.2, 0.25) is 5.95 Å². The Morgan fingerprint density at radius 3 is 2.64 bits per heavy atom. The third kappa shape index (κ3) is 4.89. The van der Waals surface area contributed by atoms with Crippen molar-refractivity contribution in [2.45, 2.75) is 13.0 Å². The molecule has 0 aliphatic rings. The first-order valence-electron chi connectivity index (χ1n) is 9.86. The molecule has 0 unspecified atom stereocenters. The van der Waals surface area contributed by atoms with E-state index < -0.39 is 29.8 Å². The van der Waals surface area contributed by atoms with Gasteiger partial charge in [-0.2, -0.15) is 0 Å². The van der Waals surface area contributed by atoms with Crippen LogP contribution in [0.25, 0.3) is 11.3 Å². The third-order valence-corrected chi connectivity index (χ3v) is 5.26. The largest absolute Gasteiger partial charge is 0.394 e. The van der Waals surface area contributed by atoms with Gasteiger partial charge in [-0.15, -0.1) is 0 Å². The molecule has 0 saturated heterocycles. The summed E-state index contributed by atoms with van der Waals surface area (Å²) in [4.78, 5) is 25.1. The van der Waals surface area contributed by atoms with E-state index in [0.717, 1.165) is 18.0 Å². The fourth-order valence-corrected chi connectivity index (χ4v) is 3.47. The van der Waals surface area contributed by atoms with Gasteiger partial charge in [0, 0.05) is 35.4 Å². The molecule has 1 aromatic carbocycles. The Balaban J connectivity index is 1.67. The second-order valence-corrected chi connectivity index (χ2v) is 7.64. The van der Waals surface area contributed by atoms with Gasteiger partial charge in [-0.05, 0) is 42.8 Å². The number of rotatable bonds is 6. The van der Waals surface area contributed by atoms with Crippen LogP contribution < -0.4 is 10.9 Å². The van der Waals surface area contributed by atoms with Gasteiger partial charge in [-0.3, -0.25) is 9.78 Å². The Morgan fingerprint density at radius 1 is 1.12 bits per heavy atom. The standard InChI is InChI=1S/C23H18ClF2N5O2/c1-13-8-16(4-6-27-13)29-23-28-11-19(26)22(30-23)15-5-7-31(21(33)10-15)20(12-32)14-2-3-17(24)18(25)9-14/h2-11,20,32H,12H2,1H3,(H,27,28,29,30)/t20-/m1/s1. The Labute approximate surface area is 192 Å². The average molecular weight is 470 g/mol. The van der Waals surface area contributed by atoms with Gasteiger partial charge >= 0.3 is 0 Å². The zero-order valence-electron chi connectivity index (χ0n) is 17.3. The maximum absolute atomic E-state index is 14.5. The van der Waals surface area contributed by atoms with Crippen molar-refractivity contribution in [1.82, 2.24) is 19.5 Å². The minimum atomic E-state index is -0.847. The summed E-state index contributed by atoms with van der Waals surface area (Å²) < 4.78 is 29.6. The van der Waals surface area contributed by atoms with Gasteiger partial charge in [0.05, 0.1) is 23.9 Å². The van der Waals surface area contributed by atoms with Crippen molar-refractivity contribution in [1.29, 1.82) is 0 Å². The zero-order valence-corrected chi connectivity index (χ0v) is 18.1. The molecule has 7 nitrogen and oxygen atoms in total. The number of aromatic nitrogens is 4. The molecule has 2 N–H and O–H groups in total. The first-order valence-corrected chi connectivity index (χ1v) is 10.2. The summed E-state index contributed by atoms with van der Waals surface area (Å²) in [5, 5.41) is 12.7. The molecule has 3 heterocycles. The molecule has 0 saturated carbocycles. The normalized spacial score (nSPS) is 11.9. The van der Waals surface area contributed by atoms with E-state index in [0.29, 0.717) is 11.3 Å². The number of halogens is 3. The molecule has 168 valence electrons. The fourth-order valence-electron chi connectivity index (χ4n) is 3.35. The molecule has 0 amide bonds. The summed E-state index contributed by atoms with van der Waals surface area (Å²) in [5.41, 5.74) is 1.45. The quantitative estimate of drug-likeness (QED) is 0.438. The van der Waals surface area contributed by atoms with Gasteiger partial charge < -0.3 is 15.0 Å². The van der Waals surface area contributed by atoms with E-state index in [1.807, 2.05) is 6.92 Å². The van der Waals surface area contributed by atoms with Crippen molar-refractivity contribution in [3.63, 3.8) is 0 Å². The van der Waals surface area contributed by atoms with Crippen molar-refractivity contribution in [2.24, 2.45) is 0 Å². The van der Waals surface area contributed by atoms with E-state index in [2.05, 4.69) is 20.3 Å². The van der Waals surface area contributed by atoms with Crippen LogP contribution in [0.2, 0.25) is 5.02 Å². The van der Waals surface area contributed by atoms with E-state index in [4.69, 9.17) is 11.6 Å². The lowest BCUT2D eigenvalue weighted by atomic mass is 10.1. The lowest BCUT2D eigenvalue weighted by Gasteiger charge is -2.18. The molecular formula is C23H18ClF2N5O2. The number of nitrogens with one attached hydrogen (secondary N) is 1. The SMILES string of the molecule is Cc1cc(Nc2ncc(F)c(-c3ccn([C@H](CO)c4ccc(Cl)c(F)c4)c(=O)c3)n2)ccn1. The van der Waals surface area contributed by atoms with Crippen LogP contribution in [0.3, 0.4) is 0 Å².